The summed E-state index contributed by atoms with van der Waals surface area (Å²) in [6, 6.07) is 5.29. The number of carbonyl (C=O) groups excluding carboxylic acids is 2. The van der Waals surface area contributed by atoms with Gasteiger partial charge < -0.3 is 19.6 Å². The van der Waals surface area contributed by atoms with Crippen LogP contribution >= 0.6 is 0 Å². The molecule has 29 heavy (non-hydrogen) atoms. The molecule has 1 aromatic rings. The summed E-state index contributed by atoms with van der Waals surface area (Å²) in [5.74, 6) is -2.93. The van der Waals surface area contributed by atoms with Crippen LogP contribution in [0.1, 0.15) is 16.2 Å². The van der Waals surface area contributed by atoms with Crippen LogP contribution < -0.4 is 0 Å². The summed E-state index contributed by atoms with van der Waals surface area (Å²) in [7, 11) is 0. The molecular weight excluding hydrogens is 395 g/mol. The molecule has 1 aromatic heterocycles. The van der Waals surface area contributed by atoms with Crippen LogP contribution in [0.4, 0.5) is 13.2 Å². The number of morpholine rings is 1. The molecule has 0 spiro atoms. The summed E-state index contributed by atoms with van der Waals surface area (Å²) >= 11 is 0. The first-order valence-electron chi connectivity index (χ1n) is 8.59. The number of amides is 2. The third-order valence-electron chi connectivity index (χ3n) is 4.34. The minimum atomic E-state index is -5.08. The van der Waals surface area contributed by atoms with E-state index in [1.165, 1.54) is 0 Å². The van der Waals surface area contributed by atoms with E-state index in [1.807, 2.05) is 19.1 Å². The lowest BCUT2D eigenvalue weighted by Crippen LogP contribution is -2.53. The Labute approximate surface area is 164 Å². The normalized spacial score (nSPS) is 21.2. The number of alkyl halides is 3. The predicted molar refractivity (Wildman–Crippen MR) is 94.0 cm³/mol. The van der Waals surface area contributed by atoms with Gasteiger partial charge in [-0.2, -0.15) is 13.2 Å². The zero-order valence-electron chi connectivity index (χ0n) is 15.6. The molecule has 0 bridgehead atoms. The van der Waals surface area contributed by atoms with Crippen LogP contribution in [0.5, 0.6) is 0 Å². The Bertz CT molecular complexity index is 799. The van der Waals surface area contributed by atoms with Gasteiger partial charge in [0.15, 0.2) is 0 Å². The summed E-state index contributed by atoms with van der Waals surface area (Å²) in [5.41, 5.74) is 1.24. The quantitative estimate of drug-likeness (QED) is 0.747. The minimum absolute atomic E-state index is 0.0517. The molecule has 8 nitrogen and oxygen atoms in total. The highest BCUT2D eigenvalue weighted by Crippen LogP contribution is 2.24. The molecule has 2 atom stereocenters. The van der Waals surface area contributed by atoms with Crippen molar-refractivity contribution in [2.45, 2.75) is 25.2 Å². The van der Waals surface area contributed by atoms with Crippen molar-refractivity contribution in [1.29, 1.82) is 0 Å². The summed E-state index contributed by atoms with van der Waals surface area (Å²) < 4.78 is 37.3. The Hall–Kier alpha value is -2.95. The first-order chi connectivity index (χ1) is 13.5. The van der Waals surface area contributed by atoms with Crippen molar-refractivity contribution in [3.05, 3.63) is 42.2 Å². The van der Waals surface area contributed by atoms with E-state index >= 15 is 0 Å². The van der Waals surface area contributed by atoms with Crippen molar-refractivity contribution in [1.82, 2.24) is 14.8 Å². The zero-order chi connectivity index (χ0) is 21.8. The molecule has 2 fully saturated rings. The molecule has 0 aromatic carbocycles. The summed E-state index contributed by atoms with van der Waals surface area (Å²) in [5, 5.41) is 7.12. The molecule has 0 aliphatic carbocycles. The van der Waals surface area contributed by atoms with Gasteiger partial charge in [0, 0.05) is 25.3 Å². The first kappa shape index (κ1) is 22.3. The number of likely N-dealkylation sites (tertiary alicyclic amines) is 1. The average molecular weight is 415 g/mol. The second-order valence-electron chi connectivity index (χ2n) is 6.43. The molecule has 158 valence electrons. The van der Waals surface area contributed by atoms with Crippen molar-refractivity contribution in [2.75, 3.05) is 26.2 Å². The Morgan fingerprint density at radius 3 is 2.59 bits per heavy atom. The summed E-state index contributed by atoms with van der Waals surface area (Å²) in [6.45, 7) is 7.05. The Morgan fingerprint density at radius 1 is 1.38 bits per heavy atom. The van der Waals surface area contributed by atoms with Crippen LogP contribution in [0.2, 0.25) is 0 Å². The minimum Gasteiger partial charge on any atom is -0.475 e. The van der Waals surface area contributed by atoms with Crippen molar-refractivity contribution >= 4 is 17.8 Å². The molecule has 0 saturated carbocycles. The number of hydrogen-bond donors (Lipinski definition) is 1. The third kappa shape index (κ3) is 5.53. The maximum Gasteiger partial charge on any atom is 0.490 e. The molecular formula is C18H20F3N3O5. The molecule has 2 amide bonds. The Balaban J connectivity index is 0.000000370. The number of carboxylic acid groups (broad SMARTS) is 1. The number of pyridine rings is 1. The highest BCUT2D eigenvalue weighted by atomic mass is 19.4. The second kappa shape index (κ2) is 9.03. The summed E-state index contributed by atoms with van der Waals surface area (Å²) in [4.78, 5) is 41.2. The molecule has 2 saturated heterocycles. The molecule has 1 N–H and O–H groups in total. The molecule has 3 rings (SSSR count). The van der Waals surface area contributed by atoms with E-state index < -0.39 is 12.1 Å². The van der Waals surface area contributed by atoms with Crippen LogP contribution in [0.25, 0.3) is 0 Å². The molecule has 2 unspecified atom stereocenters. The smallest absolute Gasteiger partial charge is 0.475 e. The fraction of sp³-hybridized carbons (Fsp3) is 0.444. The van der Waals surface area contributed by atoms with Gasteiger partial charge in [-0.3, -0.25) is 9.59 Å². The highest BCUT2D eigenvalue weighted by Gasteiger charge is 2.44. The van der Waals surface area contributed by atoms with Crippen LogP contribution in [0, 0.1) is 6.92 Å². The van der Waals surface area contributed by atoms with Gasteiger partial charge in [-0.25, -0.2) is 9.78 Å². The van der Waals surface area contributed by atoms with Crippen molar-refractivity contribution in [3.8, 4) is 0 Å². The van der Waals surface area contributed by atoms with Crippen molar-refractivity contribution < 1.29 is 37.4 Å². The maximum absolute atomic E-state index is 12.6. The van der Waals surface area contributed by atoms with E-state index in [1.54, 1.807) is 21.9 Å². The largest absolute Gasteiger partial charge is 0.490 e. The van der Waals surface area contributed by atoms with E-state index in [-0.39, 0.29) is 30.6 Å². The number of rotatable bonds is 3. The predicted octanol–water partition coefficient (Wildman–Crippen LogP) is 1.26. The lowest BCUT2D eigenvalue weighted by Gasteiger charge is -2.35. The van der Waals surface area contributed by atoms with E-state index in [4.69, 9.17) is 14.6 Å². The lowest BCUT2D eigenvalue weighted by molar-refractivity contribution is -0.192. The van der Waals surface area contributed by atoms with Crippen LogP contribution in [-0.4, -0.2) is 82.2 Å². The fourth-order valence-electron chi connectivity index (χ4n) is 3.03. The SMILES string of the molecule is C=CCN1C(=O)COC2CN(C(=O)c3cccc(C)n3)CC21.O=C(O)C(F)(F)F. The van der Waals surface area contributed by atoms with Gasteiger partial charge >= 0.3 is 12.1 Å². The number of aromatic nitrogens is 1. The molecule has 11 heteroatoms. The van der Waals surface area contributed by atoms with Crippen molar-refractivity contribution in [2.24, 2.45) is 0 Å². The van der Waals surface area contributed by atoms with Gasteiger partial charge in [0.1, 0.15) is 12.3 Å². The number of halogens is 3. The monoisotopic (exact) mass is 415 g/mol. The van der Waals surface area contributed by atoms with Gasteiger partial charge in [-0.15, -0.1) is 6.58 Å². The van der Waals surface area contributed by atoms with E-state index in [9.17, 15) is 22.8 Å². The maximum atomic E-state index is 12.6. The molecule has 2 aliphatic heterocycles. The number of nitrogens with zero attached hydrogens (tertiary/aromatic N) is 3. The van der Waals surface area contributed by atoms with Gasteiger partial charge in [-0.1, -0.05) is 12.1 Å². The molecule has 2 aliphatic rings. The number of hydrogen-bond acceptors (Lipinski definition) is 5. The summed E-state index contributed by atoms with van der Waals surface area (Å²) in [6.07, 6.45) is -3.52. The zero-order valence-corrected chi connectivity index (χ0v) is 15.6. The lowest BCUT2D eigenvalue weighted by atomic mass is 10.1. The number of aliphatic carboxylic acids is 1. The number of carbonyl (C=O) groups is 3. The number of fused-ring (bicyclic) bond motifs is 1. The van der Waals surface area contributed by atoms with Crippen molar-refractivity contribution in [3.63, 3.8) is 0 Å². The number of carboxylic acids is 1. The van der Waals surface area contributed by atoms with Crippen LogP contribution in [0.15, 0.2) is 30.9 Å². The number of ether oxygens (including phenoxy) is 1. The third-order valence-corrected chi connectivity index (χ3v) is 4.34. The highest BCUT2D eigenvalue weighted by molar-refractivity contribution is 5.92. The van der Waals surface area contributed by atoms with E-state index in [0.29, 0.717) is 25.3 Å². The Kier molecular flexibility index (Phi) is 6.96. The van der Waals surface area contributed by atoms with Crippen LogP contribution in [0.3, 0.4) is 0 Å². The second-order valence-corrected chi connectivity index (χ2v) is 6.43. The van der Waals surface area contributed by atoms with Crippen LogP contribution in [-0.2, 0) is 14.3 Å². The van der Waals surface area contributed by atoms with Gasteiger partial charge in [0.25, 0.3) is 5.91 Å². The average Bonchev–Trinajstić information content (AvgIpc) is 3.08. The fourth-order valence-corrected chi connectivity index (χ4v) is 3.03. The van der Waals surface area contributed by atoms with Gasteiger partial charge in [-0.05, 0) is 19.1 Å². The standard InChI is InChI=1S/C16H19N3O3.C2HF3O2/c1-3-7-19-13-8-18(9-14(13)22-10-15(19)20)16(21)12-6-4-5-11(2)17-12;3-2(4,5)1(6)7/h3-6,13-14H,1,7-10H2,2H3;(H,6,7). The number of aryl methyl sites for hydroxylation is 1. The Morgan fingerprint density at radius 2 is 2.03 bits per heavy atom. The van der Waals surface area contributed by atoms with E-state index in [2.05, 4.69) is 11.6 Å². The molecule has 3 heterocycles. The van der Waals surface area contributed by atoms with E-state index in [0.717, 1.165) is 5.69 Å². The molecule has 0 radical (unpaired) electrons. The topological polar surface area (TPSA) is 100 Å². The van der Waals surface area contributed by atoms with Gasteiger partial charge in [0.05, 0.1) is 12.1 Å². The van der Waals surface area contributed by atoms with Gasteiger partial charge in [0.2, 0.25) is 5.91 Å². The first-order valence-corrected chi connectivity index (χ1v) is 8.59.